The summed E-state index contributed by atoms with van der Waals surface area (Å²) < 4.78 is 8.13. The zero-order valence-corrected chi connectivity index (χ0v) is 16.7. The first kappa shape index (κ1) is 18.0. The molecule has 1 unspecified atom stereocenters. The van der Waals surface area contributed by atoms with Crippen LogP contribution in [0.2, 0.25) is 0 Å². The summed E-state index contributed by atoms with van der Waals surface area (Å²) in [5.41, 5.74) is 3.95. The minimum Gasteiger partial charge on any atom is -0.381 e. The summed E-state index contributed by atoms with van der Waals surface area (Å²) in [7, 11) is 0. The van der Waals surface area contributed by atoms with Crippen LogP contribution < -0.4 is 0 Å². The summed E-state index contributed by atoms with van der Waals surface area (Å²) in [5, 5.41) is 1.35. The lowest BCUT2D eigenvalue weighted by Crippen LogP contribution is -2.37. The van der Waals surface area contributed by atoms with E-state index in [0.29, 0.717) is 12.0 Å². The molecule has 0 amide bonds. The minimum atomic E-state index is 0.527. The highest BCUT2D eigenvalue weighted by Gasteiger charge is 2.28. The third-order valence-electron chi connectivity index (χ3n) is 6.51. The van der Waals surface area contributed by atoms with Crippen LogP contribution in [0.5, 0.6) is 0 Å². The number of para-hydroxylation sites is 1. The minimum absolute atomic E-state index is 0.527. The van der Waals surface area contributed by atoms with E-state index >= 15 is 0 Å². The number of nitrogens with one attached hydrogen (secondary N) is 1. The van der Waals surface area contributed by atoms with Gasteiger partial charge in [-0.15, -0.1) is 0 Å². The Morgan fingerprint density at radius 3 is 2.93 bits per heavy atom. The molecular weight excluding hydrogens is 348 g/mol. The molecule has 5 heteroatoms. The van der Waals surface area contributed by atoms with Gasteiger partial charge in [-0.25, -0.2) is 4.98 Å². The molecule has 2 saturated heterocycles. The Balaban J connectivity index is 1.35. The SMILES string of the molecule is Cc1cnc(C2CCOCC2)n1C1CCCN(Cc2c[nH]c3ccccc23)C1. The Morgan fingerprint density at radius 1 is 1.18 bits per heavy atom. The maximum absolute atomic E-state index is 5.58. The van der Waals surface area contributed by atoms with Gasteiger partial charge in [0.2, 0.25) is 0 Å². The van der Waals surface area contributed by atoms with Crippen LogP contribution >= 0.6 is 0 Å². The standard InChI is InChI=1S/C23H30N4O/c1-17-13-25-23(18-8-11-28-12-9-18)27(17)20-5-4-10-26(16-20)15-19-14-24-22-7-3-2-6-21(19)22/h2-3,6-7,13-14,18,20,24H,4-5,8-12,15-16H2,1H3. The zero-order chi connectivity index (χ0) is 18.9. The van der Waals surface area contributed by atoms with E-state index in [-0.39, 0.29) is 0 Å². The highest BCUT2D eigenvalue weighted by Crippen LogP contribution is 2.32. The fraction of sp³-hybridized carbons (Fsp3) is 0.522. The average molecular weight is 379 g/mol. The van der Waals surface area contributed by atoms with E-state index in [4.69, 9.17) is 9.72 Å². The van der Waals surface area contributed by atoms with Gasteiger partial charge in [0.1, 0.15) is 5.82 Å². The van der Waals surface area contributed by atoms with Gasteiger partial charge < -0.3 is 14.3 Å². The van der Waals surface area contributed by atoms with Crippen molar-refractivity contribution in [1.82, 2.24) is 19.4 Å². The van der Waals surface area contributed by atoms with Gasteiger partial charge in [0.25, 0.3) is 0 Å². The van der Waals surface area contributed by atoms with Gasteiger partial charge in [-0.1, -0.05) is 18.2 Å². The van der Waals surface area contributed by atoms with Crippen molar-refractivity contribution < 1.29 is 4.74 Å². The normalized spacial score (nSPS) is 22.1. The predicted molar refractivity (Wildman–Crippen MR) is 112 cm³/mol. The number of ether oxygens (including phenoxy) is 1. The van der Waals surface area contributed by atoms with Crippen molar-refractivity contribution in [3.8, 4) is 0 Å². The molecule has 0 aliphatic carbocycles. The number of hydrogen-bond donors (Lipinski definition) is 1. The number of piperidine rings is 1. The summed E-state index contributed by atoms with van der Waals surface area (Å²) >= 11 is 0. The topological polar surface area (TPSA) is 46.1 Å². The molecule has 2 aromatic heterocycles. The van der Waals surface area contributed by atoms with Crippen molar-refractivity contribution in [3.63, 3.8) is 0 Å². The van der Waals surface area contributed by atoms with Crippen LogP contribution in [0, 0.1) is 6.92 Å². The Kier molecular flexibility index (Phi) is 4.95. The fourth-order valence-electron chi connectivity index (χ4n) is 5.09. The highest BCUT2D eigenvalue weighted by molar-refractivity contribution is 5.82. The Bertz CT molecular complexity index is 937. The zero-order valence-electron chi connectivity index (χ0n) is 16.7. The molecule has 0 bridgehead atoms. The Hall–Kier alpha value is -2.11. The van der Waals surface area contributed by atoms with Crippen LogP contribution in [0.4, 0.5) is 0 Å². The summed E-state index contributed by atoms with van der Waals surface area (Å²) in [4.78, 5) is 10.9. The molecule has 2 aliphatic heterocycles. The molecule has 0 spiro atoms. The van der Waals surface area contributed by atoms with E-state index in [1.54, 1.807) is 0 Å². The van der Waals surface area contributed by atoms with E-state index in [2.05, 4.69) is 58.0 Å². The summed E-state index contributed by atoms with van der Waals surface area (Å²) in [6.07, 6.45) is 8.95. The number of fused-ring (bicyclic) bond motifs is 1. The lowest BCUT2D eigenvalue weighted by molar-refractivity contribution is 0.0812. The maximum Gasteiger partial charge on any atom is 0.112 e. The quantitative estimate of drug-likeness (QED) is 0.732. The third kappa shape index (κ3) is 3.38. The molecule has 2 fully saturated rings. The fourth-order valence-corrected chi connectivity index (χ4v) is 5.09. The largest absolute Gasteiger partial charge is 0.381 e. The predicted octanol–water partition coefficient (Wildman–Crippen LogP) is 4.40. The molecule has 0 radical (unpaired) electrons. The van der Waals surface area contributed by atoms with Gasteiger partial charge in [0.05, 0.1) is 0 Å². The first-order valence-electron chi connectivity index (χ1n) is 10.7. The van der Waals surface area contributed by atoms with Crippen molar-refractivity contribution in [2.75, 3.05) is 26.3 Å². The number of aryl methyl sites for hydroxylation is 1. The molecule has 3 aromatic rings. The summed E-state index contributed by atoms with van der Waals surface area (Å²) in [6.45, 7) is 7.25. The van der Waals surface area contributed by atoms with Crippen molar-refractivity contribution >= 4 is 10.9 Å². The van der Waals surface area contributed by atoms with Crippen LogP contribution in [0.1, 0.15) is 54.7 Å². The average Bonchev–Trinajstić information content (AvgIpc) is 3.33. The van der Waals surface area contributed by atoms with Gasteiger partial charge in [-0.05, 0) is 50.8 Å². The van der Waals surface area contributed by atoms with E-state index in [9.17, 15) is 0 Å². The molecule has 4 heterocycles. The molecular formula is C23H30N4O. The van der Waals surface area contributed by atoms with Gasteiger partial charge >= 0.3 is 0 Å². The molecule has 148 valence electrons. The third-order valence-corrected chi connectivity index (χ3v) is 6.51. The van der Waals surface area contributed by atoms with Crippen LogP contribution in [0.15, 0.2) is 36.7 Å². The molecule has 1 aromatic carbocycles. The number of aromatic nitrogens is 3. The molecule has 1 N–H and O–H groups in total. The number of benzene rings is 1. The van der Waals surface area contributed by atoms with Gasteiger partial charge in [-0.2, -0.15) is 0 Å². The number of hydrogen-bond acceptors (Lipinski definition) is 3. The van der Waals surface area contributed by atoms with Gasteiger partial charge in [0, 0.05) is 67.3 Å². The smallest absolute Gasteiger partial charge is 0.112 e. The number of nitrogens with zero attached hydrogens (tertiary/aromatic N) is 3. The number of aromatic amines is 1. The van der Waals surface area contributed by atoms with Crippen LogP contribution in [-0.2, 0) is 11.3 Å². The first-order chi connectivity index (χ1) is 13.8. The second kappa shape index (κ2) is 7.72. The van der Waals surface area contributed by atoms with E-state index in [1.165, 1.54) is 47.4 Å². The van der Waals surface area contributed by atoms with Crippen molar-refractivity contribution in [2.45, 2.75) is 51.1 Å². The molecule has 28 heavy (non-hydrogen) atoms. The van der Waals surface area contributed by atoms with Crippen LogP contribution in [0.3, 0.4) is 0 Å². The van der Waals surface area contributed by atoms with Crippen molar-refractivity contribution in [1.29, 1.82) is 0 Å². The lowest BCUT2D eigenvalue weighted by atomic mass is 9.97. The van der Waals surface area contributed by atoms with Crippen molar-refractivity contribution in [2.24, 2.45) is 0 Å². The molecule has 2 aliphatic rings. The molecule has 1 atom stereocenters. The highest BCUT2D eigenvalue weighted by atomic mass is 16.5. The van der Waals surface area contributed by atoms with E-state index < -0.39 is 0 Å². The van der Waals surface area contributed by atoms with E-state index in [1.807, 2.05) is 0 Å². The number of H-pyrrole nitrogens is 1. The van der Waals surface area contributed by atoms with Crippen LogP contribution in [0.25, 0.3) is 10.9 Å². The molecule has 5 nitrogen and oxygen atoms in total. The van der Waals surface area contributed by atoms with E-state index in [0.717, 1.165) is 39.1 Å². The second-order valence-electron chi connectivity index (χ2n) is 8.41. The van der Waals surface area contributed by atoms with Gasteiger partial charge in [0.15, 0.2) is 0 Å². The lowest BCUT2D eigenvalue weighted by Gasteiger charge is -2.36. The second-order valence-corrected chi connectivity index (χ2v) is 8.41. The Morgan fingerprint density at radius 2 is 2.04 bits per heavy atom. The van der Waals surface area contributed by atoms with Crippen LogP contribution in [-0.4, -0.2) is 45.7 Å². The van der Waals surface area contributed by atoms with Crippen molar-refractivity contribution in [3.05, 3.63) is 53.7 Å². The number of likely N-dealkylation sites (tertiary alicyclic amines) is 1. The first-order valence-corrected chi connectivity index (χ1v) is 10.7. The monoisotopic (exact) mass is 378 g/mol. The summed E-state index contributed by atoms with van der Waals surface area (Å²) in [5.74, 6) is 1.84. The van der Waals surface area contributed by atoms with Gasteiger partial charge in [-0.3, -0.25) is 4.90 Å². The molecule has 5 rings (SSSR count). The maximum atomic E-state index is 5.58. The Labute approximate surface area is 166 Å². The summed E-state index contributed by atoms with van der Waals surface area (Å²) in [6, 6.07) is 9.14. The number of imidazole rings is 1. The molecule has 0 saturated carbocycles. The number of rotatable bonds is 4.